The number of amides is 1. The molecule has 0 radical (unpaired) electrons. The molecule has 1 atom stereocenters. The zero-order valence-corrected chi connectivity index (χ0v) is 14.8. The highest BCUT2D eigenvalue weighted by atomic mass is 32.2. The fraction of sp³-hybridized carbons (Fsp3) is 0.316. The van der Waals surface area contributed by atoms with E-state index in [1.807, 2.05) is 48.2 Å². The number of fused-ring (bicyclic) bond motifs is 1. The van der Waals surface area contributed by atoms with E-state index in [0.29, 0.717) is 11.6 Å². The third-order valence-corrected chi connectivity index (χ3v) is 5.45. The fourth-order valence-corrected chi connectivity index (χ4v) is 4.09. The lowest BCUT2D eigenvalue weighted by Gasteiger charge is -2.20. The minimum atomic E-state index is -0.180. The van der Waals surface area contributed by atoms with Gasteiger partial charge in [0.15, 0.2) is 11.6 Å². The Hall–Kier alpha value is -2.34. The first-order valence-electron chi connectivity index (χ1n) is 8.48. The van der Waals surface area contributed by atoms with Gasteiger partial charge in [-0.2, -0.15) is 0 Å². The van der Waals surface area contributed by atoms with Gasteiger partial charge >= 0.3 is 0 Å². The van der Waals surface area contributed by atoms with Crippen molar-refractivity contribution in [1.82, 2.24) is 14.9 Å². The Balaban J connectivity index is 1.68. The van der Waals surface area contributed by atoms with Gasteiger partial charge in [0.2, 0.25) is 5.91 Å². The van der Waals surface area contributed by atoms with Gasteiger partial charge in [-0.15, -0.1) is 0 Å². The number of hydrogen-bond acceptors (Lipinski definition) is 5. The molecule has 2 aromatic heterocycles. The van der Waals surface area contributed by atoms with Crippen LogP contribution in [0.15, 0.2) is 52.1 Å². The molecule has 3 heterocycles. The Morgan fingerprint density at radius 3 is 2.72 bits per heavy atom. The summed E-state index contributed by atoms with van der Waals surface area (Å²) in [5, 5.41) is 1.60. The minimum Gasteiger partial charge on any atom is -0.461 e. The maximum absolute atomic E-state index is 12.6. The van der Waals surface area contributed by atoms with Crippen molar-refractivity contribution in [2.24, 2.45) is 0 Å². The summed E-state index contributed by atoms with van der Waals surface area (Å²) in [6.07, 6.45) is 3.81. The molecular formula is C19H19N3O2S. The van der Waals surface area contributed by atoms with Gasteiger partial charge in [0.25, 0.3) is 0 Å². The van der Waals surface area contributed by atoms with Crippen molar-refractivity contribution < 1.29 is 9.21 Å². The van der Waals surface area contributed by atoms with Crippen LogP contribution in [0.2, 0.25) is 0 Å². The van der Waals surface area contributed by atoms with Crippen LogP contribution in [0.1, 0.15) is 19.8 Å². The molecule has 0 unspecified atom stereocenters. The van der Waals surface area contributed by atoms with Crippen molar-refractivity contribution in [2.45, 2.75) is 30.0 Å². The van der Waals surface area contributed by atoms with Crippen molar-refractivity contribution >= 4 is 28.6 Å². The first kappa shape index (κ1) is 16.1. The van der Waals surface area contributed by atoms with E-state index in [9.17, 15) is 4.79 Å². The van der Waals surface area contributed by atoms with E-state index in [4.69, 9.17) is 4.42 Å². The molecule has 1 aliphatic rings. The van der Waals surface area contributed by atoms with Crippen molar-refractivity contribution in [1.29, 1.82) is 0 Å². The summed E-state index contributed by atoms with van der Waals surface area (Å²) < 4.78 is 5.45. The largest absolute Gasteiger partial charge is 0.461 e. The van der Waals surface area contributed by atoms with Crippen molar-refractivity contribution in [3.8, 4) is 11.6 Å². The molecule has 128 valence electrons. The molecule has 5 nitrogen and oxygen atoms in total. The van der Waals surface area contributed by atoms with Crippen molar-refractivity contribution in [3.63, 3.8) is 0 Å². The third kappa shape index (κ3) is 3.26. The fourth-order valence-electron chi connectivity index (χ4n) is 3.07. The van der Waals surface area contributed by atoms with E-state index in [0.717, 1.165) is 41.9 Å². The number of hydrogen-bond donors (Lipinski definition) is 0. The zero-order valence-electron chi connectivity index (χ0n) is 14.0. The highest BCUT2D eigenvalue weighted by molar-refractivity contribution is 8.00. The highest BCUT2D eigenvalue weighted by Gasteiger charge is 2.25. The smallest absolute Gasteiger partial charge is 0.235 e. The van der Waals surface area contributed by atoms with Crippen LogP contribution in [0.25, 0.3) is 22.5 Å². The SMILES string of the molecule is C[C@H](Sc1nc(-c2ccco2)nc2ccccc12)C(=O)N1CCCC1. The second-order valence-electron chi connectivity index (χ2n) is 6.14. The zero-order chi connectivity index (χ0) is 17.2. The Kier molecular flexibility index (Phi) is 4.44. The Morgan fingerprint density at radius 1 is 1.16 bits per heavy atom. The normalized spacial score (nSPS) is 15.6. The van der Waals surface area contributed by atoms with Crippen LogP contribution >= 0.6 is 11.8 Å². The number of aromatic nitrogens is 2. The van der Waals surface area contributed by atoms with Crippen LogP contribution in [0, 0.1) is 0 Å². The minimum absolute atomic E-state index is 0.180. The number of furan rings is 1. The van der Waals surface area contributed by atoms with Gasteiger partial charge in [0, 0.05) is 18.5 Å². The molecule has 0 bridgehead atoms. The molecule has 4 rings (SSSR count). The van der Waals surface area contributed by atoms with Gasteiger partial charge in [0.1, 0.15) is 5.03 Å². The molecule has 3 aromatic rings. The van der Waals surface area contributed by atoms with Gasteiger partial charge in [-0.1, -0.05) is 30.0 Å². The molecule has 1 saturated heterocycles. The highest BCUT2D eigenvalue weighted by Crippen LogP contribution is 2.32. The van der Waals surface area contributed by atoms with Crippen LogP contribution in [0.3, 0.4) is 0 Å². The first-order valence-corrected chi connectivity index (χ1v) is 9.36. The van der Waals surface area contributed by atoms with Gasteiger partial charge < -0.3 is 9.32 Å². The molecular weight excluding hydrogens is 334 g/mol. The van der Waals surface area contributed by atoms with E-state index in [2.05, 4.69) is 9.97 Å². The molecule has 25 heavy (non-hydrogen) atoms. The molecule has 0 N–H and O–H groups in total. The van der Waals surface area contributed by atoms with E-state index in [1.54, 1.807) is 6.26 Å². The first-order chi connectivity index (χ1) is 12.2. The number of rotatable bonds is 4. The van der Waals surface area contributed by atoms with E-state index < -0.39 is 0 Å². The van der Waals surface area contributed by atoms with Gasteiger partial charge in [-0.25, -0.2) is 9.97 Å². The number of carbonyl (C=O) groups excluding carboxylic acids is 1. The molecule has 0 saturated carbocycles. The molecule has 1 aliphatic heterocycles. The maximum atomic E-state index is 12.6. The van der Waals surface area contributed by atoms with Gasteiger partial charge in [-0.3, -0.25) is 4.79 Å². The van der Waals surface area contributed by atoms with Gasteiger partial charge in [0.05, 0.1) is 17.0 Å². The molecule has 0 spiro atoms. The number of thioether (sulfide) groups is 1. The average molecular weight is 353 g/mol. The predicted octanol–water partition coefficient (Wildman–Crippen LogP) is 3.99. The molecule has 1 fully saturated rings. The number of likely N-dealkylation sites (tertiary alicyclic amines) is 1. The van der Waals surface area contributed by atoms with E-state index in [-0.39, 0.29) is 11.2 Å². The van der Waals surface area contributed by atoms with Crippen LogP contribution in [0.4, 0.5) is 0 Å². The van der Waals surface area contributed by atoms with E-state index in [1.165, 1.54) is 11.8 Å². The Bertz CT molecular complexity index is 889. The Morgan fingerprint density at radius 2 is 1.96 bits per heavy atom. The van der Waals surface area contributed by atoms with Crippen LogP contribution < -0.4 is 0 Å². The van der Waals surface area contributed by atoms with Gasteiger partial charge in [-0.05, 0) is 38.0 Å². The number of carbonyl (C=O) groups is 1. The molecule has 1 amide bonds. The number of nitrogens with zero attached hydrogens (tertiary/aromatic N) is 3. The number of benzene rings is 1. The monoisotopic (exact) mass is 353 g/mol. The lowest BCUT2D eigenvalue weighted by Crippen LogP contribution is -2.34. The summed E-state index contributed by atoms with van der Waals surface area (Å²) in [4.78, 5) is 23.9. The second kappa shape index (κ2) is 6.88. The summed E-state index contributed by atoms with van der Waals surface area (Å²) in [6.45, 7) is 3.69. The summed E-state index contributed by atoms with van der Waals surface area (Å²) in [5.74, 6) is 1.36. The standard InChI is InChI=1S/C19H19N3O2S/c1-13(19(23)22-10-4-5-11-22)25-18-14-7-2-3-8-15(14)20-17(21-18)16-9-6-12-24-16/h2-3,6-9,12-13H,4-5,10-11H2,1H3/t13-/m0/s1. The maximum Gasteiger partial charge on any atom is 0.235 e. The number of para-hydroxylation sites is 1. The molecule has 0 aliphatic carbocycles. The van der Waals surface area contributed by atoms with Crippen molar-refractivity contribution in [2.75, 3.05) is 13.1 Å². The van der Waals surface area contributed by atoms with Crippen LogP contribution in [-0.2, 0) is 4.79 Å². The summed E-state index contributed by atoms with van der Waals surface area (Å²) in [6, 6.07) is 11.5. The lowest BCUT2D eigenvalue weighted by atomic mass is 10.2. The molecule has 1 aromatic carbocycles. The van der Waals surface area contributed by atoms with Crippen LogP contribution in [0.5, 0.6) is 0 Å². The summed E-state index contributed by atoms with van der Waals surface area (Å²) in [7, 11) is 0. The van der Waals surface area contributed by atoms with E-state index >= 15 is 0 Å². The Labute approximate surface area is 150 Å². The van der Waals surface area contributed by atoms with Crippen molar-refractivity contribution in [3.05, 3.63) is 42.7 Å². The third-order valence-electron chi connectivity index (χ3n) is 4.36. The summed E-state index contributed by atoms with van der Waals surface area (Å²) in [5.41, 5.74) is 0.854. The molecule has 6 heteroatoms. The summed E-state index contributed by atoms with van der Waals surface area (Å²) >= 11 is 1.50. The quantitative estimate of drug-likeness (QED) is 0.524. The average Bonchev–Trinajstić information content (AvgIpc) is 3.34. The topological polar surface area (TPSA) is 59.2 Å². The van der Waals surface area contributed by atoms with Crippen LogP contribution in [-0.4, -0.2) is 39.1 Å². The lowest BCUT2D eigenvalue weighted by molar-refractivity contribution is -0.129. The second-order valence-corrected chi connectivity index (χ2v) is 7.47. The predicted molar refractivity (Wildman–Crippen MR) is 98.4 cm³/mol.